The second kappa shape index (κ2) is 20.4. The SMILES string of the molecule is CC.CCC.CCCC(C)C(CC)CCC. The van der Waals surface area contributed by atoms with Gasteiger partial charge in [-0.3, -0.25) is 0 Å². The molecule has 0 bridgehead atoms. The van der Waals surface area contributed by atoms with Gasteiger partial charge in [0.05, 0.1) is 0 Å². The summed E-state index contributed by atoms with van der Waals surface area (Å²) in [5.74, 6) is 1.94. The molecule has 0 nitrogen and oxygen atoms in total. The minimum atomic E-state index is 0.949. The molecule has 0 saturated carbocycles. The summed E-state index contributed by atoms with van der Waals surface area (Å²) < 4.78 is 0. The Labute approximate surface area is 106 Å². The van der Waals surface area contributed by atoms with E-state index < -0.39 is 0 Å². The molecule has 2 atom stereocenters. The van der Waals surface area contributed by atoms with Crippen LogP contribution in [0.5, 0.6) is 0 Å². The standard InChI is InChI=1S/C11H24.C3H8.C2H6/c1-5-8-10(4)11(7-3)9-6-2;1-3-2;1-2/h10-11H,5-9H2,1-4H3;3H2,1-2H3;1-2H3. The van der Waals surface area contributed by atoms with Gasteiger partial charge in [-0.2, -0.15) is 0 Å². The summed E-state index contributed by atoms with van der Waals surface area (Å²) in [7, 11) is 0. The molecule has 0 amide bonds. The zero-order valence-electron chi connectivity index (χ0n) is 13.4. The van der Waals surface area contributed by atoms with Crippen molar-refractivity contribution in [1.29, 1.82) is 0 Å². The van der Waals surface area contributed by atoms with Crippen LogP contribution in [-0.4, -0.2) is 0 Å². The predicted octanol–water partition coefficient (Wildman–Crippen LogP) is 6.69. The molecule has 0 rings (SSSR count). The van der Waals surface area contributed by atoms with Gasteiger partial charge in [0.25, 0.3) is 0 Å². The Morgan fingerprint density at radius 1 is 0.750 bits per heavy atom. The summed E-state index contributed by atoms with van der Waals surface area (Å²) >= 11 is 0. The van der Waals surface area contributed by atoms with E-state index in [0.29, 0.717) is 0 Å². The Morgan fingerprint density at radius 3 is 1.38 bits per heavy atom. The summed E-state index contributed by atoms with van der Waals surface area (Å²) in [6.45, 7) is 17.6. The summed E-state index contributed by atoms with van der Waals surface area (Å²) in [6.07, 6.45) is 8.17. The van der Waals surface area contributed by atoms with E-state index in [-0.39, 0.29) is 0 Å². The van der Waals surface area contributed by atoms with E-state index in [1.54, 1.807) is 0 Å². The van der Waals surface area contributed by atoms with E-state index in [4.69, 9.17) is 0 Å². The smallest absolute Gasteiger partial charge is 0.0391 e. The third-order valence-corrected chi connectivity index (χ3v) is 2.73. The second-order valence-electron chi connectivity index (χ2n) is 4.43. The first-order valence-electron chi connectivity index (χ1n) is 7.67. The Hall–Kier alpha value is 0. The molecule has 0 heteroatoms. The summed E-state index contributed by atoms with van der Waals surface area (Å²) in [6, 6.07) is 0. The van der Waals surface area contributed by atoms with Crippen molar-refractivity contribution in [1.82, 2.24) is 0 Å². The van der Waals surface area contributed by atoms with Crippen LogP contribution in [0.4, 0.5) is 0 Å². The van der Waals surface area contributed by atoms with Gasteiger partial charge in [-0.25, -0.2) is 0 Å². The first-order valence-corrected chi connectivity index (χ1v) is 7.67. The Bertz CT molecular complexity index is 86.0. The van der Waals surface area contributed by atoms with Crippen molar-refractivity contribution in [3.63, 3.8) is 0 Å². The molecule has 0 spiro atoms. The maximum atomic E-state index is 2.41. The highest BCUT2D eigenvalue weighted by molar-refractivity contribution is 4.63. The van der Waals surface area contributed by atoms with Crippen molar-refractivity contribution in [2.45, 2.75) is 93.9 Å². The average molecular weight is 230 g/mol. The van der Waals surface area contributed by atoms with Crippen molar-refractivity contribution in [2.75, 3.05) is 0 Å². The first kappa shape index (κ1) is 21.3. The lowest BCUT2D eigenvalue weighted by atomic mass is 9.85. The van der Waals surface area contributed by atoms with Gasteiger partial charge in [-0.05, 0) is 11.8 Å². The highest BCUT2D eigenvalue weighted by Crippen LogP contribution is 2.24. The zero-order chi connectivity index (χ0) is 13.4. The molecular formula is C16H38. The third kappa shape index (κ3) is 16.4. The molecule has 0 aliphatic rings. The topological polar surface area (TPSA) is 0 Å². The molecule has 0 N–H and O–H groups in total. The lowest BCUT2D eigenvalue weighted by Crippen LogP contribution is -2.10. The first-order chi connectivity index (χ1) is 7.67. The van der Waals surface area contributed by atoms with E-state index in [9.17, 15) is 0 Å². The van der Waals surface area contributed by atoms with E-state index in [1.165, 1.54) is 38.5 Å². The monoisotopic (exact) mass is 230 g/mol. The lowest BCUT2D eigenvalue weighted by Gasteiger charge is -2.21. The fourth-order valence-electron chi connectivity index (χ4n) is 1.95. The molecule has 0 radical (unpaired) electrons. The molecule has 0 aromatic heterocycles. The van der Waals surface area contributed by atoms with Gasteiger partial charge in [0.1, 0.15) is 0 Å². The lowest BCUT2D eigenvalue weighted by molar-refractivity contribution is 0.304. The van der Waals surface area contributed by atoms with Gasteiger partial charge >= 0.3 is 0 Å². The summed E-state index contributed by atoms with van der Waals surface area (Å²) in [4.78, 5) is 0. The summed E-state index contributed by atoms with van der Waals surface area (Å²) in [5, 5.41) is 0. The van der Waals surface area contributed by atoms with Crippen LogP contribution >= 0.6 is 0 Å². The van der Waals surface area contributed by atoms with E-state index in [2.05, 4.69) is 41.5 Å². The number of hydrogen-bond donors (Lipinski definition) is 0. The van der Waals surface area contributed by atoms with Crippen LogP contribution in [0, 0.1) is 11.8 Å². The Kier molecular flexibility index (Phi) is 27.2. The largest absolute Gasteiger partial charge is 0.0683 e. The molecule has 0 fully saturated rings. The molecule has 2 unspecified atom stereocenters. The van der Waals surface area contributed by atoms with Crippen LogP contribution in [0.1, 0.15) is 93.9 Å². The molecule has 0 aromatic carbocycles. The number of hydrogen-bond acceptors (Lipinski definition) is 0. The summed E-state index contributed by atoms with van der Waals surface area (Å²) in [5.41, 5.74) is 0. The van der Waals surface area contributed by atoms with E-state index >= 15 is 0 Å². The molecule has 16 heavy (non-hydrogen) atoms. The highest BCUT2D eigenvalue weighted by atomic mass is 14.2. The molecule has 0 heterocycles. The van der Waals surface area contributed by atoms with Crippen LogP contribution in [0.2, 0.25) is 0 Å². The molecule has 102 valence electrons. The second-order valence-corrected chi connectivity index (χ2v) is 4.43. The van der Waals surface area contributed by atoms with E-state index in [0.717, 1.165) is 11.8 Å². The average Bonchev–Trinajstić information content (AvgIpc) is 2.30. The quantitative estimate of drug-likeness (QED) is 0.477. The highest BCUT2D eigenvalue weighted by Gasteiger charge is 2.12. The minimum Gasteiger partial charge on any atom is -0.0683 e. The predicted molar refractivity (Wildman–Crippen MR) is 80.1 cm³/mol. The normalized spacial score (nSPS) is 12.8. The van der Waals surface area contributed by atoms with Crippen LogP contribution in [0.3, 0.4) is 0 Å². The molecule has 0 saturated heterocycles. The van der Waals surface area contributed by atoms with Crippen LogP contribution < -0.4 is 0 Å². The van der Waals surface area contributed by atoms with Gasteiger partial charge < -0.3 is 0 Å². The molecular weight excluding hydrogens is 192 g/mol. The van der Waals surface area contributed by atoms with Crippen LogP contribution in [0.25, 0.3) is 0 Å². The maximum absolute atomic E-state index is 2.41. The minimum absolute atomic E-state index is 0.949. The van der Waals surface area contributed by atoms with Gasteiger partial charge in [0.15, 0.2) is 0 Å². The number of rotatable bonds is 6. The fourth-order valence-corrected chi connectivity index (χ4v) is 1.95. The van der Waals surface area contributed by atoms with Crippen molar-refractivity contribution in [3.8, 4) is 0 Å². The van der Waals surface area contributed by atoms with Crippen molar-refractivity contribution >= 4 is 0 Å². The van der Waals surface area contributed by atoms with Crippen LogP contribution in [0.15, 0.2) is 0 Å². The van der Waals surface area contributed by atoms with Crippen molar-refractivity contribution < 1.29 is 0 Å². The van der Waals surface area contributed by atoms with Gasteiger partial charge in [0, 0.05) is 0 Å². The zero-order valence-corrected chi connectivity index (χ0v) is 13.4. The molecule has 0 aliphatic carbocycles. The van der Waals surface area contributed by atoms with E-state index in [1.807, 2.05) is 13.8 Å². The Balaban J connectivity index is -0.000000289. The molecule has 0 aliphatic heterocycles. The van der Waals surface area contributed by atoms with Crippen LogP contribution in [-0.2, 0) is 0 Å². The van der Waals surface area contributed by atoms with Gasteiger partial charge in [-0.15, -0.1) is 0 Å². The van der Waals surface area contributed by atoms with Gasteiger partial charge in [0.2, 0.25) is 0 Å². The maximum Gasteiger partial charge on any atom is -0.0391 e. The Morgan fingerprint density at radius 2 is 1.12 bits per heavy atom. The van der Waals surface area contributed by atoms with Crippen molar-refractivity contribution in [2.24, 2.45) is 11.8 Å². The van der Waals surface area contributed by atoms with Crippen molar-refractivity contribution in [3.05, 3.63) is 0 Å². The fraction of sp³-hybridized carbons (Fsp3) is 1.00. The third-order valence-electron chi connectivity index (χ3n) is 2.73. The van der Waals surface area contributed by atoms with Gasteiger partial charge in [-0.1, -0.05) is 93.9 Å². The molecule has 0 aromatic rings.